The van der Waals surface area contributed by atoms with Gasteiger partial charge in [0.2, 0.25) is 0 Å². The lowest BCUT2D eigenvalue weighted by Crippen LogP contribution is -2.06. The molecule has 1 aliphatic heterocycles. The molecule has 0 aliphatic carbocycles. The Balaban J connectivity index is 1.24. The van der Waals surface area contributed by atoms with Crippen molar-refractivity contribution < 1.29 is 4.74 Å². The normalized spacial score (nSPS) is 11.7. The Bertz CT molecular complexity index is 2110. The summed E-state index contributed by atoms with van der Waals surface area (Å²) in [6.45, 7) is 0.578. The molecule has 1 aliphatic rings. The molecule has 4 nitrogen and oxygen atoms in total. The van der Waals surface area contributed by atoms with Gasteiger partial charge in [0.05, 0.1) is 0 Å². The van der Waals surface area contributed by atoms with Crippen LogP contribution < -0.4 is 4.74 Å². The van der Waals surface area contributed by atoms with Crippen LogP contribution in [0.5, 0.6) is 5.75 Å². The van der Waals surface area contributed by atoms with Gasteiger partial charge in [-0.1, -0.05) is 140 Å². The van der Waals surface area contributed by atoms with Gasteiger partial charge >= 0.3 is 0 Å². The molecule has 0 spiro atoms. The third kappa shape index (κ3) is 4.83. The molecule has 0 saturated heterocycles. The highest BCUT2D eigenvalue weighted by Crippen LogP contribution is 2.44. The Hall–Kier alpha value is -5.87. The Kier molecular flexibility index (Phi) is 6.50. The average Bonchev–Trinajstić information content (AvgIpc) is 3.12. The van der Waals surface area contributed by atoms with Gasteiger partial charge in [0.1, 0.15) is 12.4 Å². The lowest BCUT2D eigenvalue weighted by molar-refractivity contribution is 0.302. The van der Waals surface area contributed by atoms with E-state index in [2.05, 4.69) is 109 Å². The van der Waals surface area contributed by atoms with Crippen molar-refractivity contribution in [2.75, 3.05) is 0 Å². The highest BCUT2D eigenvalue weighted by Gasteiger charge is 2.21. The first-order valence-corrected chi connectivity index (χ1v) is 14.7. The molecule has 0 unspecified atom stereocenters. The summed E-state index contributed by atoms with van der Waals surface area (Å²) in [6.07, 6.45) is 0. The van der Waals surface area contributed by atoms with Crippen LogP contribution in [0.4, 0.5) is 0 Å². The van der Waals surface area contributed by atoms with Crippen molar-refractivity contribution in [1.82, 2.24) is 15.0 Å². The average molecular weight is 566 g/mol. The van der Waals surface area contributed by atoms with Crippen LogP contribution in [0.2, 0.25) is 0 Å². The summed E-state index contributed by atoms with van der Waals surface area (Å²) in [5.74, 6) is 2.81. The second-order valence-corrected chi connectivity index (χ2v) is 10.8. The van der Waals surface area contributed by atoms with Crippen molar-refractivity contribution in [2.45, 2.75) is 6.61 Å². The zero-order chi connectivity index (χ0) is 29.3. The molecule has 2 heterocycles. The first kappa shape index (κ1) is 25.8. The first-order valence-electron chi connectivity index (χ1n) is 14.7. The Morgan fingerprint density at radius 2 is 0.886 bits per heavy atom. The predicted molar refractivity (Wildman–Crippen MR) is 177 cm³/mol. The highest BCUT2D eigenvalue weighted by atomic mass is 16.5. The molecule has 0 atom stereocenters. The summed E-state index contributed by atoms with van der Waals surface area (Å²) >= 11 is 0. The number of hydrogen-bond donors (Lipinski definition) is 0. The number of fused-ring (bicyclic) bond motifs is 3. The van der Waals surface area contributed by atoms with Crippen LogP contribution in [0, 0.1) is 0 Å². The second-order valence-electron chi connectivity index (χ2n) is 10.8. The van der Waals surface area contributed by atoms with Gasteiger partial charge in [-0.2, -0.15) is 0 Å². The number of aromatic nitrogens is 3. The standard InChI is InChI=1S/C40H27N3O/c1-3-11-27(12-4-1)28-21-23-30(24-22-28)39-41-38(29-13-5-2-6-14-29)42-40(43-39)32-17-9-16-31(25-32)34-19-10-20-36-37(34)35-18-8-7-15-33(35)26-44-36/h1-25H,26H2. The highest BCUT2D eigenvalue weighted by molar-refractivity contribution is 5.90. The van der Waals surface area contributed by atoms with E-state index in [0.717, 1.165) is 44.7 Å². The van der Waals surface area contributed by atoms with Gasteiger partial charge in [-0.05, 0) is 45.5 Å². The molecule has 0 amide bonds. The molecule has 0 N–H and O–H groups in total. The van der Waals surface area contributed by atoms with Crippen LogP contribution in [0.1, 0.15) is 5.56 Å². The fraction of sp³-hybridized carbons (Fsp3) is 0.0250. The van der Waals surface area contributed by atoms with Gasteiger partial charge in [0, 0.05) is 22.3 Å². The monoisotopic (exact) mass is 565 g/mol. The van der Waals surface area contributed by atoms with Crippen LogP contribution in [-0.4, -0.2) is 15.0 Å². The molecule has 1 aromatic heterocycles. The molecule has 6 aromatic carbocycles. The summed E-state index contributed by atoms with van der Waals surface area (Å²) in [7, 11) is 0. The maximum Gasteiger partial charge on any atom is 0.164 e. The Morgan fingerprint density at radius 3 is 1.64 bits per heavy atom. The molecule has 4 heteroatoms. The van der Waals surface area contributed by atoms with E-state index in [-0.39, 0.29) is 0 Å². The molecule has 8 rings (SSSR count). The third-order valence-corrected chi connectivity index (χ3v) is 8.05. The third-order valence-electron chi connectivity index (χ3n) is 8.05. The van der Waals surface area contributed by atoms with E-state index < -0.39 is 0 Å². The summed E-state index contributed by atoms with van der Waals surface area (Å²) < 4.78 is 6.16. The van der Waals surface area contributed by atoms with E-state index in [1.165, 1.54) is 16.7 Å². The van der Waals surface area contributed by atoms with E-state index in [1.54, 1.807) is 0 Å². The minimum Gasteiger partial charge on any atom is -0.488 e. The van der Waals surface area contributed by atoms with E-state index in [1.807, 2.05) is 42.5 Å². The summed E-state index contributed by atoms with van der Waals surface area (Å²) in [5, 5.41) is 0. The first-order chi connectivity index (χ1) is 21.8. The second kappa shape index (κ2) is 11.1. The molecular formula is C40H27N3O. The summed E-state index contributed by atoms with van der Waals surface area (Å²) in [5.41, 5.74) is 10.8. The van der Waals surface area contributed by atoms with Gasteiger partial charge in [0.15, 0.2) is 17.5 Å². The van der Waals surface area contributed by atoms with Crippen LogP contribution >= 0.6 is 0 Å². The lowest BCUT2D eigenvalue weighted by Gasteiger charge is -2.23. The molecule has 44 heavy (non-hydrogen) atoms. The lowest BCUT2D eigenvalue weighted by atomic mass is 9.89. The maximum absolute atomic E-state index is 6.16. The van der Waals surface area contributed by atoms with E-state index in [9.17, 15) is 0 Å². The van der Waals surface area contributed by atoms with Gasteiger partial charge < -0.3 is 4.74 Å². The molecular weight excluding hydrogens is 538 g/mol. The molecule has 0 bridgehead atoms. The number of hydrogen-bond acceptors (Lipinski definition) is 4. The van der Waals surface area contributed by atoms with Crippen LogP contribution in [0.15, 0.2) is 152 Å². The zero-order valence-corrected chi connectivity index (χ0v) is 23.9. The van der Waals surface area contributed by atoms with Gasteiger partial charge in [-0.3, -0.25) is 0 Å². The van der Waals surface area contributed by atoms with Crippen LogP contribution in [-0.2, 0) is 6.61 Å². The smallest absolute Gasteiger partial charge is 0.164 e. The summed E-state index contributed by atoms with van der Waals surface area (Å²) in [6, 6.07) is 52.0. The van der Waals surface area contributed by atoms with Gasteiger partial charge in [0.25, 0.3) is 0 Å². The molecule has 7 aromatic rings. The summed E-state index contributed by atoms with van der Waals surface area (Å²) in [4.78, 5) is 14.9. The number of nitrogens with zero attached hydrogens (tertiary/aromatic N) is 3. The van der Waals surface area contributed by atoms with Crippen molar-refractivity contribution >= 4 is 0 Å². The Morgan fingerprint density at radius 1 is 0.386 bits per heavy atom. The quantitative estimate of drug-likeness (QED) is 0.208. The SMILES string of the molecule is c1ccc(-c2ccc(-c3nc(-c4ccccc4)nc(-c4cccc(-c5cccc6c5-c5ccccc5CO6)c4)n3)cc2)cc1. The van der Waals surface area contributed by atoms with Crippen LogP contribution in [0.3, 0.4) is 0 Å². The topological polar surface area (TPSA) is 47.9 Å². The number of benzene rings is 6. The van der Waals surface area contributed by atoms with E-state index in [4.69, 9.17) is 19.7 Å². The molecule has 0 radical (unpaired) electrons. The number of ether oxygens (including phenoxy) is 1. The maximum atomic E-state index is 6.16. The van der Waals surface area contributed by atoms with Gasteiger partial charge in [-0.15, -0.1) is 0 Å². The van der Waals surface area contributed by atoms with Gasteiger partial charge in [-0.25, -0.2) is 15.0 Å². The molecule has 0 saturated carbocycles. The van der Waals surface area contributed by atoms with Crippen molar-refractivity contribution in [2.24, 2.45) is 0 Å². The molecule has 0 fully saturated rings. The van der Waals surface area contributed by atoms with Crippen LogP contribution in [0.25, 0.3) is 67.5 Å². The van der Waals surface area contributed by atoms with Crippen molar-refractivity contribution in [3.05, 3.63) is 157 Å². The van der Waals surface area contributed by atoms with Crippen molar-refractivity contribution in [1.29, 1.82) is 0 Å². The Labute approximate surface area is 256 Å². The fourth-order valence-corrected chi connectivity index (χ4v) is 5.83. The number of rotatable bonds is 5. The minimum atomic E-state index is 0.578. The fourth-order valence-electron chi connectivity index (χ4n) is 5.83. The largest absolute Gasteiger partial charge is 0.488 e. The molecule has 208 valence electrons. The van der Waals surface area contributed by atoms with Crippen molar-refractivity contribution in [3.8, 4) is 73.3 Å². The van der Waals surface area contributed by atoms with E-state index in [0.29, 0.717) is 24.1 Å². The van der Waals surface area contributed by atoms with Crippen molar-refractivity contribution in [3.63, 3.8) is 0 Å². The zero-order valence-electron chi connectivity index (χ0n) is 23.9. The predicted octanol–water partition coefficient (Wildman–Crippen LogP) is 9.77. The minimum absolute atomic E-state index is 0.578. The van der Waals surface area contributed by atoms with E-state index >= 15 is 0 Å².